The summed E-state index contributed by atoms with van der Waals surface area (Å²) in [4.78, 5) is 12.1. The lowest BCUT2D eigenvalue weighted by Gasteiger charge is -2.27. The molecule has 1 aliphatic heterocycles. The molecule has 1 heterocycles. The second kappa shape index (κ2) is 6.11. The summed E-state index contributed by atoms with van der Waals surface area (Å²) in [7, 11) is 0. The zero-order valence-electron chi connectivity index (χ0n) is 10.1. The normalized spacial score (nSPS) is 25.5. The van der Waals surface area contributed by atoms with Gasteiger partial charge in [0, 0.05) is 6.54 Å². The number of nitrogens with one attached hydrogen (secondary N) is 2. The van der Waals surface area contributed by atoms with Crippen LogP contribution in [0.15, 0.2) is 0 Å². The maximum atomic E-state index is 12.1. The molecule has 0 aromatic heterocycles. The van der Waals surface area contributed by atoms with E-state index in [9.17, 15) is 4.79 Å². The highest BCUT2D eigenvalue weighted by Crippen LogP contribution is 2.24. The number of hydrogen-bond acceptors (Lipinski definition) is 2. The summed E-state index contributed by atoms with van der Waals surface area (Å²) in [6.07, 6.45) is 6.36. The first kappa shape index (κ1) is 12.5. The molecule has 0 bridgehead atoms. The van der Waals surface area contributed by atoms with Gasteiger partial charge in [0.1, 0.15) is 0 Å². The number of unbranched alkanes of at least 4 members (excludes halogenated alkanes) is 1. The van der Waals surface area contributed by atoms with Crippen molar-refractivity contribution in [1.29, 1.82) is 0 Å². The zero-order chi connectivity index (χ0) is 11.1. The van der Waals surface area contributed by atoms with E-state index in [1.54, 1.807) is 0 Å². The molecule has 2 N–H and O–H groups in total. The van der Waals surface area contributed by atoms with Gasteiger partial charge in [-0.25, -0.2) is 0 Å². The van der Waals surface area contributed by atoms with Gasteiger partial charge in [-0.2, -0.15) is 0 Å². The Hall–Kier alpha value is -0.570. The molecule has 1 saturated heterocycles. The topological polar surface area (TPSA) is 41.1 Å². The van der Waals surface area contributed by atoms with Gasteiger partial charge < -0.3 is 10.6 Å². The fourth-order valence-corrected chi connectivity index (χ4v) is 2.30. The van der Waals surface area contributed by atoms with Gasteiger partial charge in [0.25, 0.3) is 0 Å². The fourth-order valence-electron chi connectivity index (χ4n) is 2.30. The van der Waals surface area contributed by atoms with Crippen molar-refractivity contribution < 1.29 is 4.79 Å². The Morgan fingerprint density at radius 1 is 1.40 bits per heavy atom. The third-order valence-electron chi connectivity index (χ3n) is 3.17. The van der Waals surface area contributed by atoms with Crippen LogP contribution in [0.25, 0.3) is 0 Å². The van der Waals surface area contributed by atoms with E-state index in [0.717, 1.165) is 51.6 Å². The highest BCUT2D eigenvalue weighted by atomic mass is 16.2. The maximum absolute atomic E-state index is 12.1. The molecule has 1 unspecified atom stereocenters. The zero-order valence-corrected chi connectivity index (χ0v) is 10.1. The minimum atomic E-state index is -0.248. The maximum Gasteiger partial charge on any atom is 0.240 e. The van der Waals surface area contributed by atoms with Gasteiger partial charge in [-0.3, -0.25) is 4.79 Å². The van der Waals surface area contributed by atoms with Crippen molar-refractivity contribution in [3.63, 3.8) is 0 Å². The summed E-state index contributed by atoms with van der Waals surface area (Å²) in [6, 6.07) is 0. The van der Waals surface area contributed by atoms with Crippen LogP contribution in [0.5, 0.6) is 0 Å². The number of carbonyl (C=O) groups excluding carboxylic acids is 1. The van der Waals surface area contributed by atoms with Crippen LogP contribution in [-0.4, -0.2) is 24.5 Å². The predicted molar refractivity (Wildman–Crippen MR) is 62.8 cm³/mol. The lowest BCUT2D eigenvalue weighted by molar-refractivity contribution is -0.127. The summed E-state index contributed by atoms with van der Waals surface area (Å²) in [5, 5.41) is 6.44. The average molecular weight is 212 g/mol. The van der Waals surface area contributed by atoms with Crippen LogP contribution < -0.4 is 10.6 Å². The van der Waals surface area contributed by atoms with Gasteiger partial charge in [0.05, 0.1) is 5.54 Å². The van der Waals surface area contributed by atoms with E-state index in [1.165, 1.54) is 0 Å². The van der Waals surface area contributed by atoms with Crippen molar-refractivity contribution >= 4 is 5.91 Å². The minimum absolute atomic E-state index is 0.218. The number of amides is 1. The quantitative estimate of drug-likeness (QED) is 0.659. The van der Waals surface area contributed by atoms with E-state index in [2.05, 4.69) is 24.5 Å². The highest BCUT2D eigenvalue weighted by molar-refractivity contribution is 5.86. The van der Waals surface area contributed by atoms with Crippen LogP contribution in [0, 0.1) is 0 Å². The summed E-state index contributed by atoms with van der Waals surface area (Å²) < 4.78 is 0. The first-order valence-electron chi connectivity index (χ1n) is 6.28. The summed E-state index contributed by atoms with van der Waals surface area (Å²) in [5.74, 6) is 0.218. The predicted octanol–water partition coefficient (Wildman–Crippen LogP) is 1.82. The van der Waals surface area contributed by atoms with E-state index in [0.29, 0.717) is 0 Å². The Morgan fingerprint density at radius 2 is 2.20 bits per heavy atom. The summed E-state index contributed by atoms with van der Waals surface area (Å²) in [6.45, 7) is 6.09. The van der Waals surface area contributed by atoms with Crippen LogP contribution in [0.3, 0.4) is 0 Å². The molecule has 1 fully saturated rings. The average Bonchev–Trinajstić information content (AvgIpc) is 2.68. The van der Waals surface area contributed by atoms with Gasteiger partial charge in [0.2, 0.25) is 5.91 Å². The molecular formula is C12H24N2O. The number of hydrogen-bond donors (Lipinski definition) is 2. The Kier molecular flexibility index (Phi) is 5.09. The monoisotopic (exact) mass is 212 g/mol. The second-order valence-corrected chi connectivity index (χ2v) is 4.47. The Bertz CT molecular complexity index is 198. The number of carbonyl (C=O) groups is 1. The van der Waals surface area contributed by atoms with Crippen LogP contribution >= 0.6 is 0 Å². The van der Waals surface area contributed by atoms with Crippen molar-refractivity contribution in [3.8, 4) is 0 Å². The minimum Gasteiger partial charge on any atom is -0.354 e. The van der Waals surface area contributed by atoms with Crippen molar-refractivity contribution in [2.24, 2.45) is 0 Å². The van der Waals surface area contributed by atoms with Gasteiger partial charge in [-0.15, -0.1) is 0 Å². The third-order valence-corrected chi connectivity index (χ3v) is 3.17. The van der Waals surface area contributed by atoms with Crippen LogP contribution in [0.1, 0.15) is 52.4 Å². The largest absolute Gasteiger partial charge is 0.354 e. The van der Waals surface area contributed by atoms with Gasteiger partial charge in [-0.05, 0) is 32.2 Å². The molecule has 0 spiro atoms. The summed E-state index contributed by atoms with van der Waals surface area (Å²) in [5.41, 5.74) is -0.248. The molecule has 3 nitrogen and oxygen atoms in total. The van der Waals surface area contributed by atoms with Gasteiger partial charge in [-0.1, -0.05) is 26.7 Å². The van der Waals surface area contributed by atoms with E-state index >= 15 is 0 Å². The highest BCUT2D eigenvalue weighted by Gasteiger charge is 2.39. The standard InChI is InChI=1S/C12H24N2O/c1-3-5-9-13-11(15)12(7-4-2)8-6-10-14-12/h14H,3-10H2,1-2H3,(H,13,15). The molecule has 1 atom stereocenters. The number of rotatable bonds is 6. The lowest BCUT2D eigenvalue weighted by atomic mass is 9.91. The Balaban J connectivity index is 2.44. The molecule has 1 amide bonds. The van der Waals surface area contributed by atoms with Gasteiger partial charge >= 0.3 is 0 Å². The van der Waals surface area contributed by atoms with Crippen molar-refractivity contribution in [2.45, 2.75) is 57.9 Å². The van der Waals surface area contributed by atoms with Crippen LogP contribution in [-0.2, 0) is 4.79 Å². The van der Waals surface area contributed by atoms with E-state index in [1.807, 2.05) is 0 Å². The molecule has 0 aliphatic carbocycles. The smallest absolute Gasteiger partial charge is 0.240 e. The first-order chi connectivity index (χ1) is 7.25. The molecule has 0 radical (unpaired) electrons. The molecule has 88 valence electrons. The molecule has 3 heteroatoms. The summed E-state index contributed by atoms with van der Waals surface area (Å²) >= 11 is 0. The molecule has 0 aromatic rings. The van der Waals surface area contributed by atoms with E-state index in [4.69, 9.17) is 0 Å². The lowest BCUT2D eigenvalue weighted by Crippen LogP contribution is -2.53. The van der Waals surface area contributed by atoms with Gasteiger partial charge in [0.15, 0.2) is 0 Å². The molecular weight excluding hydrogens is 188 g/mol. The van der Waals surface area contributed by atoms with Crippen molar-refractivity contribution in [1.82, 2.24) is 10.6 Å². The Morgan fingerprint density at radius 3 is 2.73 bits per heavy atom. The first-order valence-corrected chi connectivity index (χ1v) is 6.28. The molecule has 1 aliphatic rings. The third kappa shape index (κ3) is 3.20. The Labute approximate surface area is 93.0 Å². The molecule has 1 rings (SSSR count). The van der Waals surface area contributed by atoms with Crippen molar-refractivity contribution in [2.75, 3.05) is 13.1 Å². The molecule has 15 heavy (non-hydrogen) atoms. The molecule has 0 aromatic carbocycles. The van der Waals surface area contributed by atoms with Crippen LogP contribution in [0.2, 0.25) is 0 Å². The van der Waals surface area contributed by atoms with E-state index < -0.39 is 0 Å². The van der Waals surface area contributed by atoms with Crippen molar-refractivity contribution in [3.05, 3.63) is 0 Å². The SMILES string of the molecule is CCCCNC(=O)C1(CCC)CCCN1. The fraction of sp³-hybridized carbons (Fsp3) is 0.917. The van der Waals surface area contributed by atoms with Crippen LogP contribution in [0.4, 0.5) is 0 Å². The molecule has 0 saturated carbocycles. The second-order valence-electron chi connectivity index (χ2n) is 4.47. The van der Waals surface area contributed by atoms with E-state index in [-0.39, 0.29) is 11.4 Å².